The Balaban J connectivity index is 2.35. The summed E-state index contributed by atoms with van der Waals surface area (Å²) in [5, 5.41) is 0. The first kappa shape index (κ1) is 7.14. The first-order valence-electron chi connectivity index (χ1n) is 3.89. The van der Waals surface area contributed by atoms with Gasteiger partial charge in [0, 0.05) is 6.10 Å². The zero-order valence-corrected chi connectivity index (χ0v) is 6.55. The van der Waals surface area contributed by atoms with Crippen LogP contribution in [-0.2, 0) is 4.65 Å². The van der Waals surface area contributed by atoms with Gasteiger partial charge in [0.1, 0.15) is 0 Å². The number of hydrogen-bond donors (Lipinski definition) is 0. The lowest BCUT2D eigenvalue weighted by Crippen LogP contribution is -2.11. The zero-order chi connectivity index (χ0) is 6.85. The molecular formula is C7H15BO. The van der Waals surface area contributed by atoms with E-state index < -0.39 is 0 Å². The van der Waals surface area contributed by atoms with Gasteiger partial charge in [0.2, 0.25) is 0 Å². The van der Waals surface area contributed by atoms with Gasteiger partial charge in [-0.2, -0.15) is 0 Å². The van der Waals surface area contributed by atoms with Gasteiger partial charge in [0.05, 0.1) is 0 Å². The average molecular weight is 126 g/mol. The molecule has 0 aromatic carbocycles. The third-order valence-corrected chi connectivity index (χ3v) is 2.30. The van der Waals surface area contributed by atoms with E-state index >= 15 is 0 Å². The van der Waals surface area contributed by atoms with Crippen molar-refractivity contribution < 1.29 is 4.65 Å². The van der Waals surface area contributed by atoms with Crippen LogP contribution < -0.4 is 0 Å². The second-order valence-electron chi connectivity index (χ2n) is 3.08. The van der Waals surface area contributed by atoms with E-state index in [9.17, 15) is 0 Å². The molecule has 0 aromatic heterocycles. The topological polar surface area (TPSA) is 9.23 Å². The highest BCUT2D eigenvalue weighted by Gasteiger charge is 2.30. The molecule has 1 saturated heterocycles. The summed E-state index contributed by atoms with van der Waals surface area (Å²) < 4.78 is 5.62. The Morgan fingerprint density at radius 1 is 1.56 bits per heavy atom. The van der Waals surface area contributed by atoms with Gasteiger partial charge in [-0.25, -0.2) is 0 Å². The fourth-order valence-corrected chi connectivity index (χ4v) is 1.36. The third-order valence-electron chi connectivity index (χ3n) is 2.30. The molecular weight excluding hydrogens is 111 g/mol. The van der Waals surface area contributed by atoms with Gasteiger partial charge < -0.3 is 4.65 Å². The van der Waals surface area contributed by atoms with Crippen LogP contribution in [0.3, 0.4) is 0 Å². The van der Waals surface area contributed by atoms with E-state index in [2.05, 4.69) is 20.8 Å². The normalized spacial score (nSPS) is 35.7. The van der Waals surface area contributed by atoms with Crippen LogP contribution in [0.25, 0.3) is 0 Å². The van der Waals surface area contributed by atoms with Crippen molar-refractivity contribution >= 4 is 6.92 Å². The Morgan fingerprint density at radius 3 is 2.44 bits per heavy atom. The molecule has 1 rings (SSSR count). The highest BCUT2D eigenvalue weighted by molar-refractivity contribution is 6.52. The summed E-state index contributed by atoms with van der Waals surface area (Å²) in [6, 6.07) is 0. The molecule has 0 radical (unpaired) electrons. The quantitative estimate of drug-likeness (QED) is 0.488. The predicted octanol–water partition coefficient (Wildman–Crippen LogP) is 2.05. The van der Waals surface area contributed by atoms with Gasteiger partial charge in [-0.3, -0.25) is 0 Å². The molecule has 0 saturated carbocycles. The first-order valence-corrected chi connectivity index (χ1v) is 3.89. The molecule has 2 atom stereocenters. The molecule has 1 aliphatic heterocycles. The average Bonchev–Trinajstić information content (AvgIpc) is 2.13. The summed E-state index contributed by atoms with van der Waals surface area (Å²) in [6.45, 7) is 7.17. The standard InChI is InChI=1S/C7H15BO/c1-4-8-5-6(2)7(3)9-8/h6-7H,4-5H2,1-3H3. The van der Waals surface area contributed by atoms with E-state index in [0.717, 1.165) is 5.92 Å². The zero-order valence-electron chi connectivity index (χ0n) is 6.55. The molecule has 0 spiro atoms. The van der Waals surface area contributed by atoms with Crippen LogP contribution in [0.2, 0.25) is 12.6 Å². The van der Waals surface area contributed by atoms with Gasteiger partial charge in [0.25, 0.3) is 6.92 Å². The van der Waals surface area contributed by atoms with Gasteiger partial charge in [-0.05, 0) is 19.2 Å². The van der Waals surface area contributed by atoms with Gasteiger partial charge >= 0.3 is 0 Å². The van der Waals surface area contributed by atoms with Crippen LogP contribution in [-0.4, -0.2) is 13.0 Å². The monoisotopic (exact) mass is 126 g/mol. The Labute approximate surface area is 57.9 Å². The maximum absolute atomic E-state index is 5.62. The summed E-state index contributed by atoms with van der Waals surface area (Å²) in [6.07, 6.45) is 2.93. The van der Waals surface area contributed by atoms with Crippen LogP contribution in [0.1, 0.15) is 20.8 Å². The van der Waals surface area contributed by atoms with Gasteiger partial charge in [-0.15, -0.1) is 0 Å². The van der Waals surface area contributed by atoms with Crippen LogP contribution in [0.5, 0.6) is 0 Å². The number of rotatable bonds is 1. The largest absolute Gasteiger partial charge is 0.433 e. The summed E-state index contributed by atoms with van der Waals surface area (Å²) in [5.41, 5.74) is 0. The van der Waals surface area contributed by atoms with Crippen molar-refractivity contribution in [3.05, 3.63) is 0 Å². The lowest BCUT2D eigenvalue weighted by atomic mass is 9.61. The highest BCUT2D eigenvalue weighted by Crippen LogP contribution is 2.25. The van der Waals surface area contributed by atoms with Crippen LogP contribution in [0, 0.1) is 5.92 Å². The maximum Gasteiger partial charge on any atom is 0.293 e. The van der Waals surface area contributed by atoms with E-state index in [0.29, 0.717) is 13.0 Å². The summed E-state index contributed by atoms with van der Waals surface area (Å²) in [5.74, 6) is 0.773. The Bertz CT molecular complexity index is 84.9. The SMILES string of the molecule is CCB1CC(C)C(C)O1. The Hall–Kier alpha value is 0.0249. The van der Waals surface area contributed by atoms with Crippen LogP contribution in [0.15, 0.2) is 0 Å². The molecule has 0 aliphatic carbocycles. The molecule has 0 bridgehead atoms. The van der Waals surface area contributed by atoms with Crippen molar-refractivity contribution in [2.45, 2.75) is 39.5 Å². The molecule has 1 aliphatic rings. The van der Waals surface area contributed by atoms with Crippen molar-refractivity contribution in [3.8, 4) is 0 Å². The molecule has 0 N–H and O–H groups in total. The summed E-state index contributed by atoms with van der Waals surface area (Å²) in [7, 11) is 0. The second-order valence-corrected chi connectivity index (χ2v) is 3.08. The van der Waals surface area contributed by atoms with Crippen molar-refractivity contribution in [2.75, 3.05) is 0 Å². The highest BCUT2D eigenvalue weighted by atomic mass is 16.5. The van der Waals surface area contributed by atoms with Crippen molar-refractivity contribution in [3.63, 3.8) is 0 Å². The molecule has 2 unspecified atom stereocenters. The lowest BCUT2D eigenvalue weighted by Gasteiger charge is -2.07. The number of hydrogen-bond acceptors (Lipinski definition) is 1. The molecule has 1 nitrogen and oxygen atoms in total. The van der Waals surface area contributed by atoms with E-state index in [-0.39, 0.29) is 0 Å². The minimum atomic E-state index is 0.495. The van der Waals surface area contributed by atoms with Gasteiger partial charge in [-0.1, -0.05) is 20.2 Å². The van der Waals surface area contributed by atoms with Crippen molar-refractivity contribution in [1.82, 2.24) is 0 Å². The molecule has 9 heavy (non-hydrogen) atoms. The second kappa shape index (κ2) is 2.74. The minimum Gasteiger partial charge on any atom is -0.433 e. The molecule has 52 valence electrons. The summed E-state index contributed by atoms with van der Waals surface area (Å²) in [4.78, 5) is 0. The predicted molar refractivity (Wildman–Crippen MR) is 40.8 cm³/mol. The third kappa shape index (κ3) is 1.48. The summed E-state index contributed by atoms with van der Waals surface area (Å²) >= 11 is 0. The molecule has 0 aromatic rings. The smallest absolute Gasteiger partial charge is 0.293 e. The first-order chi connectivity index (χ1) is 4.24. The van der Waals surface area contributed by atoms with E-state index in [4.69, 9.17) is 4.65 Å². The molecule has 1 heterocycles. The minimum absolute atomic E-state index is 0.495. The van der Waals surface area contributed by atoms with Crippen molar-refractivity contribution in [2.24, 2.45) is 5.92 Å². The van der Waals surface area contributed by atoms with E-state index in [1.165, 1.54) is 12.6 Å². The molecule has 0 amide bonds. The van der Waals surface area contributed by atoms with Crippen LogP contribution in [0.4, 0.5) is 0 Å². The fraction of sp³-hybridized carbons (Fsp3) is 1.00. The van der Waals surface area contributed by atoms with E-state index in [1.807, 2.05) is 0 Å². The maximum atomic E-state index is 5.62. The lowest BCUT2D eigenvalue weighted by molar-refractivity contribution is 0.212. The Morgan fingerprint density at radius 2 is 2.22 bits per heavy atom. The van der Waals surface area contributed by atoms with Crippen LogP contribution >= 0.6 is 0 Å². The van der Waals surface area contributed by atoms with E-state index in [1.54, 1.807) is 0 Å². The fourth-order valence-electron chi connectivity index (χ4n) is 1.36. The van der Waals surface area contributed by atoms with Gasteiger partial charge in [0.15, 0.2) is 0 Å². The molecule has 1 fully saturated rings. The molecule has 2 heteroatoms. The Kier molecular flexibility index (Phi) is 2.17. The van der Waals surface area contributed by atoms with Crippen molar-refractivity contribution in [1.29, 1.82) is 0 Å².